The summed E-state index contributed by atoms with van der Waals surface area (Å²) in [6.45, 7) is 3.85. The Morgan fingerprint density at radius 1 is 1.13 bits per heavy atom. The summed E-state index contributed by atoms with van der Waals surface area (Å²) in [5, 5.41) is 3.98. The second-order valence-electron chi connectivity index (χ2n) is 13.1. The van der Waals surface area contributed by atoms with Crippen LogP contribution in [0.1, 0.15) is 58.8 Å². The van der Waals surface area contributed by atoms with E-state index >= 15 is 0 Å². The molecule has 4 fully saturated rings. The summed E-state index contributed by atoms with van der Waals surface area (Å²) in [7, 11) is -3.91. The molecule has 1 aliphatic heterocycles. The number of nitrogens with one attached hydrogen (secondary N) is 2. The van der Waals surface area contributed by atoms with Crippen molar-refractivity contribution in [2.75, 3.05) is 31.6 Å². The van der Waals surface area contributed by atoms with Crippen molar-refractivity contribution >= 4 is 45.1 Å². The number of aromatic nitrogens is 3. The molecule has 1 aromatic rings. The predicted molar refractivity (Wildman–Crippen MR) is 171 cm³/mol. The first-order valence-corrected chi connectivity index (χ1v) is 17.5. The minimum atomic E-state index is -4.61. The summed E-state index contributed by atoms with van der Waals surface area (Å²) in [5.41, 5.74) is 1.03. The number of hydrogen-bond donors (Lipinski definition) is 2. The van der Waals surface area contributed by atoms with E-state index in [1.807, 2.05) is 12.2 Å². The fourth-order valence-corrected chi connectivity index (χ4v) is 7.95. The van der Waals surface area contributed by atoms with Crippen LogP contribution in [0.25, 0.3) is 0 Å². The standard InChI is InChI=1S/C31H37ClF3N7O4S/c1-3-20(25(43)41-47(44,45)29(10-11-29)17-42-15-21-14-22(21)16-42)5-4-19(2)36-26-37-27(39-28(38-26)46-18-31(33,34)35)40-30(12-13-30)23-6-8-24(32)9-7-23/h3-6,8,21-22H,7,9-18H2,1-2H3,(H,41,43)(H,37,38,39,40)/b5-4-,20-3+,36-19?. The van der Waals surface area contributed by atoms with Crippen molar-refractivity contribution in [3.63, 3.8) is 0 Å². The van der Waals surface area contributed by atoms with Gasteiger partial charge in [0.15, 0.2) is 6.61 Å². The maximum absolute atomic E-state index is 13.2. The van der Waals surface area contributed by atoms with Gasteiger partial charge in [0.05, 0.1) is 5.54 Å². The number of carbonyl (C=O) groups is 1. The SMILES string of the molecule is C/C=C(\C=C/C(C)=Nc1nc(NC2(C3=CC=C(Cl)CC3)CC2)nc(OCC(F)(F)F)n1)C(=O)NS(=O)(=O)C1(CN2CC3CC3C2)CC1. The quantitative estimate of drug-likeness (QED) is 0.164. The van der Waals surface area contributed by atoms with E-state index < -0.39 is 45.0 Å². The molecular weight excluding hydrogens is 659 g/mol. The molecule has 16 heteroatoms. The molecule has 47 heavy (non-hydrogen) atoms. The van der Waals surface area contributed by atoms with Crippen LogP contribution >= 0.6 is 11.6 Å². The summed E-state index contributed by atoms with van der Waals surface area (Å²) in [6.07, 6.45) is 8.71. The number of allylic oxidation sites excluding steroid dienone is 5. The molecule has 6 rings (SSSR count). The summed E-state index contributed by atoms with van der Waals surface area (Å²) in [6, 6.07) is -0.551. The van der Waals surface area contributed by atoms with Gasteiger partial charge in [-0.25, -0.2) is 18.1 Å². The van der Waals surface area contributed by atoms with E-state index in [1.54, 1.807) is 13.8 Å². The van der Waals surface area contributed by atoms with Gasteiger partial charge in [-0.15, -0.1) is 0 Å². The highest BCUT2D eigenvalue weighted by Gasteiger charge is 2.58. The van der Waals surface area contributed by atoms with E-state index in [4.69, 9.17) is 16.3 Å². The van der Waals surface area contributed by atoms with Crippen molar-refractivity contribution in [1.82, 2.24) is 24.6 Å². The van der Waals surface area contributed by atoms with E-state index in [2.05, 4.69) is 34.9 Å². The minimum absolute atomic E-state index is 0.00504. The number of ether oxygens (including phenoxy) is 1. The van der Waals surface area contributed by atoms with Crippen LogP contribution in [-0.2, 0) is 14.8 Å². The van der Waals surface area contributed by atoms with Gasteiger partial charge in [-0.3, -0.25) is 4.79 Å². The monoisotopic (exact) mass is 695 g/mol. The molecule has 2 heterocycles. The Morgan fingerprint density at radius 3 is 2.45 bits per heavy atom. The molecule has 1 aromatic heterocycles. The van der Waals surface area contributed by atoms with Crippen LogP contribution < -0.4 is 14.8 Å². The second kappa shape index (κ2) is 12.6. The average molecular weight is 696 g/mol. The minimum Gasteiger partial charge on any atom is -0.454 e. The highest BCUT2D eigenvalue weighted by molar-refractivity contribution is 7.91. The van der Waals surface area contributed by atoms with Crippen molar-refractivity contribution in [2.45, 2.75) is 75.3 Å². The van der Waals surface area contributed by atoms with E-state index in [0.717, 1.165) is 43.0 Å². The molecule has 254 valence electrons. The van der Waals surface area contributed by atoms with Gasteiger partial charge >= 0.3 is 12.2 Å². The van der Waals surface area contributed by atoms with Gasteiger partial charge in [-0.1, -0.05) is 23.8 Å². The average Bonchev–Trinajstić information content (AvgIpc) is 3.94. The topological polar surface area (TPSA) is 139 Å². The van der Waals surface area contributed by atoms with Crippen molar-refractivity contribution in [3.05, 3.63) is 46.6 Å². The maximum Gasteiger partial charge on any atom is 0.422 e. The zero-order valence-corrected chi connectivity index (χ0v) is 27.7. The third-order valence-electron chi connectivity index (χ3n) is 9.31. The van der Waals surface area contributed by atoms with Crippen molar-refractivity contribution < 1.29 is 31.1 Å². The van der Waals surface area contributed by atoms with Crippen LogP contribution in [0.2, 0.25) is 0 Å². The number of fused-ring (bicyclic) bond motifs is 1. The van der Waals surface area contributed by atoms with E-state index in [1.165, 1.54) is 24.6 Å². The first kappa shape index (κ1) is 33.6. The number of rotatable bonds is 13. The van der Waals surface area contributed by atoms with Crippen LogP contribution in [-0.4, -0.2) is 82.6 Å². The lowest BCUT2D eigenvalue weighted by Gasteiger charge is -2.24. The van der Waals surface area contributed by atoms with Gasteiger partial charge in [-0.2, -0.15) is 28.1 Å². The van der Waals surface area contributed by atoms with Gasteiger partial charge in [0.1, 0.15) is 4.75 Å². The zero-order chi connectivity index (χ0) is 33.6. The maximum atomic E-state index is 13.2. The molecule has 4 aliphatic carbocycles. The molecule has 3 saturated carbocycles. The predicted octanol–water partition coefficient (Wildman–Crippen LogP) is 5.13. The lowest BCUT2D eigenvalue weighted by molar-refractivity contribution is -0.154. The van der Waals surface area contributed by atoms with Crippen molar-refractivity contribution in [3.8, 4) is 6.01 Å². The molecule has 0 aromatic carbocycles. The van der Waals surface area contributed by atoms with Crippen LogP contribution in [0.5, 0.6) is 6.01 Å². The Balaban J connectivity index is 1.14. The van der Waals surface area contributed by atoms with Crippen LogP contribution in [0.4, 0.5) is 25.1 Å². The number of amides is 1. The number of aliphatic imine (C=N–C) groups is 1. The Kier molecular flexibility index (Phi) is 9.02. The summed E-state index contributed by atoms with van der Waals surface area (Å²) >= 11 is 6.11. The fourth-order valence-electron chi connectivity index (χ4n) is 6.22. The lowest BCUT2D eigenvalue weighted by Crippen LogP contribution is -2.46. The number of hydrogen-bond acceptors (Lipinski definition) is 10. The largest absolute Gasteiger partial charge is 0.454 e. The number of likely N-dealkylation sites (tertiary alicyclic amines) is 1. The molecule has 5 aliphatic rings. The summed E-state index contributed by atoms with van der Waals surface area (Å²) in [4.78, 5) is 31.8. The van der Waals surface area contributed by atoms with E-state index in [0.29, 0.717) is 43.4 Å². The van der Waals surface area contributed by atoms with Crippen molar-refractivity contribution in [1.29, 1.82) is 0 Å². The number of halogens is 4. The molecule has 0 bridgehead atoms. The van der Waals surface area contributed by atoms with Gasteiger partial charge < -0.3 is 15.0 Å². The van der Waals surface area contributed by atoms with Gasteiger partial charge in [0, 0.05) is 36.0 Å². The zero-order valence-electron chi connectivity index (χ0n) is 26.1. The Hall–Kier alpha value is -3.30. The second-order valence-corrected chi connectivity index (χ2v) is 15.6. The third kappa shape index (κ3) is 8.06. The van der Waals surface area contributed by atoms with Crippen LogP contribution in [0.15, 0.2) is 51.6 Å². The first-order valence-electron chi connectivity index (χ1n) is 15.7. The molecule has 1 saturated heterocycles. The summed E-state index contributed by atoms with van der Waals surface area (Å²) in [5.74, 6) is 0.398. The first-order chi connectivity index (χ1) is 22.2. The Bertz CT molecular complexity index is 1690. The lowest BCUT2D eigenvalue weighted by atomic mass is 9.96. The third-order valence-corrected chi connectivity index (χ3v) is 11.8. The number of piperidine rings is 1. The number of anilines is 1. The van der Waals surface area contributed by atoms with Gasteiger partial charge in [0.2, 0.25) is 16.0 Å². The van der Waals surface area contributed by atoms with Gasteiger partial charge in [0.25, 0.3) is 11.9 Å². The smallest absolute Gasteiger partial charge is 0.422 e. The van der Waals surface area contributed by atoms with Crippen LogP contribution in [0, 0.1) is 11.8 Å². The molecular formula is C31H37ClF3N7O4S. The molecule has 1 amide bonds. The normalized spacial score (nSPS) is 25.1. The highest BCUT2D eigenvalue weighted by Crippen LogP contribution is 2.50. The number of sulfonamides is 1. The van der Waals surface area contributed by atoms with Gasteiger partial charge in [-0.05, 0) is 94.4 Å². The molecule has 11 nitrogen and oxygen atoms in total. The Labute approximate surface area is 276 Å². The number of carbonyl (C=O) groups excluding carboxylic acids is 1. The van der Waals surface area contributed by atoms with Crippen LogP contribution in [0.3, 0.4) is 0 Å². The Morgan fingerprint density at radius 2 is 1.85 bits per heavy atom. The fraction of sp³-hybridized carbons (Fsp3) is 0.581. The highest BCUT2D eigenvalue weighted by atomic mass is 35.5. The molecule has 2 N–H and O–H groups in total. The molecule has 0 radical (unpaired) electrons. The van der Waals surface area contributed by atoms with E-state index in [9.17, 15) is 26.4 Å². The molecule has 2 unspecified atom stereocenters. The molecule has 2 atom stereocenters. The molecule has 0 spiro atoms. The number of alkyl halides is 3. The van der Waals surface area contributed by atoms with E-state index in [-0.39, 0.29) is 17.5 Å². The summed E-state index contributed by atoms with van der Waals surface area (Å²) < 4.78 is 71.4. The number of nitrogens with zero attached hydrogens (tertiary/aromatic N) is 5. The van der Waals surface area contributed by atoms with Crippen molar-refractivity contribution in [2.24, 2.45) is 16.8 Å².